The Morgan fingerprint density at radius 3 is 1.82 bits per heavy atom. The van der Waals surface area contributed by atoms with Gasteiger partial charge in [-0.25, -0.2) is 0 Å². The first-order valence-corrected chi connectivity index (χ1v) is 22.1. The Labute approximate surface area is 363 Å². The summed E-state index contributed by atoms with van der Waals surface area (Å²) in [6, 6.07) is 82.3. The monoisotopic (exact) mass is 807 g/mol. The number of anilines is 3. The number of hydrogen-bond acceptors (Lipinski definition) is 3. The van der Waals surface area contributed by atoms with E-state index in [2.05, 4.69) is 229 Å². The summed E-state index contributed by atoms with van der Waals surface area (Å²) in [7, 11) is 0. The second kappa shape index (κ2) is 13.7. The molecule has 2 nitrogen and oxygen atoms in total. The lowest BCUT2D eigenvalue weighted by Crippen LogP contribution is -2.28. The van der Waals surface area contributed by atoms with E-state index >= 15 is 0 Å². The third-order valence-electron chi connectivity index (χ3n) is 13.1. The minimum Gasteiger partial charge on any atom is -0.455 e. The predicted molar refractivity (Wildman–Crippen MR) is 262 cm³/mol. The van der Waals surface area contributed by atoms with Gasteiger partial charge in [0.15, 0.2) is 0 Å². The van der Waals surface area contributed by atoms with Gasteiger partial charge >= 0.3 is 0 Å². The number of rotatable bonds is 6. The second-order valence-corrected chi connectivity index (χ2v) is 17.3. The standard InChI is InChI=1S/C59H37NOS/c1-3-19-39(20-4-1)59(40-21-5-2-6-22-40)48-29-12-9-26-46(48)56-49(59)30-17-32-51(56)60(52-33-15-28-45-43-25-11-14-35-54(43)62-58(45)52)50-31-13-10-24-42(50)44-27-16-34-53-55(44)47-37-36-38-18-7-8-23-41(38)57(47)61-53/h1-37H. The number of para-hydroxylation sites is 1. The van der Waals surface area contributed by atoms with Gasteiger partial charge < -0.3 is 9.32 Å². The predicted octanol–water partition coefficient (Wildman–Crippen LogP) is 16.6. The van der Waals surface area contributed by atoms with Crippen LogP contribution in [0.25, 0.3) is 75.1 Å². The molecule has 0 saturated heterocycles. The van der Waals surface area contributed by atoms with Crippen LogP contribution >= 0.6 is 11.3 Å². The van der Waals surface area contributed by atoms with Crippen molar-refractivity contribution in [2.75, 3.05) is 4.90 Å². The smallest absolute Gasteiger partial charge is 0.143 e. The highest BCUT2D eigenvalue weighted by Gasteiger charge is 2.47. The second-order valence-electron chi connectivity index (χ2n) is 16.3. The van der Waals surface area contributed by atoms with Crippen LogP contribution in [-0.2, 0) is 5.41 Å². The molecule has 2 heterocycles. The van der Waals surface area contributed by atoms with Crippen molar-refractivity contribution in [2.24, 2.45) is 0 Å². The van der Waals surface area contributed by atoms with Gasteiger partial charge in [-0.1, -0.05) is 188 Å². The van der Waals surface area contributed by atoms with E-state index in [0.717, 1.165) is 55.5 Å². The van der Waals surface area contributed by atoms with Crippen LogP contribution in [0.2, 0.25) is 0 Å². The average Bonchev–Trinajstić information content (AvgIpc) is 4.02. The number of benzene rings is 10. The fraction of sp³-hybridized carbons (Fsp3) is 0.0169. The fourth-order valence-electron chi connectivity index (χ4n) is 10.6. The Morgan fingerprint density at radius 1 is 0.387 bits per heavy atom. The van der Waals surface area contributed by atoms with Gasteiger partial charge in [-0.2, -0.15) is 0 Å². The van der Waals surface area contributed by atoms with Crippen molar-refractivity contribution in [1.82, 2.24) is 0 Å². The molecule has 0 fully saturated rings. The summed E-state index contributed by atoms with van der Waals surface area (Å²) in [5.74, 6) is 0. The molecule has 0 unspecified atom stereocenters. The van der Waals surface area contributed by atoms with E-state index in [0.29, 0.717) is 0 Å². The van der Waals surface area contributed by atoms with Crippen molar-refractivity contribution in [3.8, 4) is 22.3 Å². The lowest BCUT2D eigenvalue weighted by atomic mass is 9.68. The summed E-state index contributed by atoms with van der Waals surface area (Å²) in [4.78, 5) is 2.56. The third-order valence-corrected chi connectivity index (χ3v) is 14.4. The quantitative estimate of drug-likeness (QED) is 0.166. The minimum atomic E-state index is -0.538. The molecule has 0 amide bonds. The Kier molecular flexibility index (Phi) is 7.72. The number of thiophene rings is 1. The molecule has 0 aliphatic heterocycles. The first-order valence-electron chi connectivity index (χ1n) is 21.3. The molecule has 13 rings (SSSR count). The third kappa shape index (κ3) is 4.91. The zero-order valence-corrected chi connectivity index (χ0v) is 34.4. The first-order chi connectivity index (χ1) is 30.8. The van der Waals surface area contributed by atoms with E-state index in [9.17, 15) is 0 Å². The van der Waals surface area contributed by atoms with Crippen LogP contribution in [0.1, 0.15) is 22.3 Å². The van der Waals surface area contributed by atoms with Crippen LogP contribution in [0.3, 0.4) is 0 Å². The van der Waals surface area contributed by atoms with Crippen molar-refractivity contribution in [3.63, 3.8) is 0 Å². The van der Waals surface area contributed by atoms with Crippen molar-refractivity contribution in [1.29, 1.82) is 0 Å². The lowest BCUT2D eigenvalue weighted by Gasteiger charge is -2.34. The molecular formula is C59H37NOS. The van der Waals surface area contributed by atoms with Crippen molar-refractivity contribution >= 4 is 81.3 Å². The van der Waals surface area contributed by atoms with E-state index in [1.165, 1.54) is 58.9 Å². The van der Waals surface area contributed by atoms with E-state index in [1.54, 1.807) is 0 Å². The molecule has 1 aliphatic rings. The van der Waals surface area contributed by atoms with Gasteiger partial charge in [0.2, 0.25) is 0 Å². The Morgan fingerprint density at radius 2 is 0.984 bits per heavy atom. The first kappa shape index (κ1) is 35.1. The molecular weight excluding hydrogens is 771 g/mol. The highest BCUT2D eigenvalue weighted by molar-refractivity contribution is 7.26. The van der Waals surface area contributed by atoms with Crippen LogP contribution in [0.5, 0.6) is 0 Å². The molecule has 1 aliphatic carbocycles. The molecule has 2 aromatic heterocycles. The maximum atomic E-state index is 6.78. The summed E-state index contributed by atoms with van der Waals surface area (Å²) >= 11 is 1.87. The van der Waals surface area contributed by atoms with E-state index < -0.39 is 5.41 Å². The largest absolute Gasteiger partial charge is 0.455 e. The molecule has 3 heteroatoms. The minimum absolute atomic E-state index is 0.538. The van der Waals surface area contributed by atoms with Gasteiger partial charge in [-0.3, -0.25) is 0 Å². The normalized spacial score (nSPS) is 13.0. The summed E-state index contributed by atoms with van der Waals surface area (Å²) in [6.07, 6.45) is 0. The van der Waals surface area contributed by atoms with Crippen molar-refractivity contribution < 1.29 is 4.42 Å². The lowest BCUT2D eigenvalue weighted by molar-refractivity contribution is 0.673. The van der Waals surface area contributed by atoms with Crippen LogP contribution in [-0.4, -0.2) is 0 Å². The fourth-order valence-corrected chi connectivity index (χ4v) is 11.8. The zero-order chi connectivity index (χ0) is 40.8. The van der Waals surface area contributed by atoms with E-state index in [1.807, 2.05) is 11.3 Å². The van der Waals surface area contributed by atoms with Gasteiger partial charge in [0.25, 0.3) is 0 Å². The number of furan rings is 1. The van der Waals surface area contributed by atoms with Crippen molar-refractivity contribution in [3.05, 3.63) is 247 Å². The highest BCUT2D eigenvalue weighted by atomic mass is 32.1. The van der Waals surface area contributed by atoms with Crippen LogP contribution in [0, 0.1) is 0 Å². The SMILES string of the molecule is c1ccc(C2(c3ccccc3)c3ccccc3-c3c(N(c4ccccc4-c4cccc5oc6c7ccccc7ccc6c45)c4cccc5c4sc4ccccc45)cccc32)cc1. The molecule has 290 valence electrons. The molecule has 0 N–H and O–H groups in total. The number of fused-ring (bicyclic) bond motifs is 11. The molecule has 0 spiro atoms. The number of hydrogen-bond donors (Lipinski definition) is 0. The molecule has 0 saturated carbocycles. The molecule has 12 aromatic rings. The molecule has 10 aromatic carbocycles. The Bertz CT molecular complexity index is 3670. The van der Waals surface area contributed by atoms with Crippen LogP contribution in [0.4, 0.5) is 17.1 Å². The summed E-state index contributed by atoms with van der Waals surface area (Å²) in [5.41, 5.74) is 14.5. The molecule has 0 radical (unpaired) electrons. The van der Waals surface area contributed by atoms with Gasteiger partial charge in [-0.15, -0.1) is 11.3 Å². The van der Waals surface area contributed by atoms with Crippen LogP contribution in [0.15, 0.2) is 229 Å². The zero-order valence-electron chi connectivity index (χ0n) is 33.6. The molecule has 62 heavy (non-hydrogen) atoms. The van der Waals surface area contributed by atoms with Crippen molar-refractivity contribution in [2.45, 2.75) is 5.41 Å². The maximum Gasteiger partial charge on any atom is 0.143 e. The molecule has 0 bridgehead atoms. The van der Waals surface area contributed by atoms with Gasteiger partial charge in [0.05, 0.1) is 27.2 Å². The molecule has 0 atom stereocenters. The van der Waals surface area contributed by atoms with Crippen LogP contribution < -0.4 is 4.90 Å². The highest BCUT2D eigenvalue weighted by Crippen LogP contribution is 2.60. The summed E-state index contributed by atoms with van der Waals surface area (Å²) in [6.45, 7) is 0. The summed E-state index contributed by atoms with van der Waals surface area (Å²) in [5, 5.41) is 7.07. The summed E-state index contributed by atoms with van der Waals surface area (Å²) < 4.78 is 9.31. The van der Waals surface area contributed by atoms with E-state index in [-0.39, 0.29) is 0 Å². The van der Waals surface area contributed by atoms with Gasteiger partial charge in [0.1, 0.15) is 11.2 Å². The maximum absolute atomic E-state index is 6.78. The Balaban J connectivity index is 1.15. The Hall–Kier alpha value is -7.72. The topological polar surface area (TPSA) is 16.4 Å². The number of nitrogens with zero attached hydrogens (tertiary/aromatic N) is 1. The van der Waals surface area contributed by atoms with E-state index in [4.69, 9.17) is 4.42 Å². The average molecular weight is 808 g/mol. The van der Waals surface area contributed by atoms with Gasteiger partial charge in [0, 0.05) is 42.8 Å². The van der Waals surface area contributed by atoms with Gasteiger partial charge in [-0.05, 0) is 75.2 Å².